The summed E-state index contributed by atoms with van der Waals surface area (Å²) in [5.74, 6) is 0. The van der Waals surface area contributed by atoms with Crippen molar-refractivity contribution < 1.29 is 4.74 Å². The molecule has 2 bridgehead atoms. The van der Waals surface area contributed by atoms with Gasteiger partial charge in [-0.1, -0.05) is 36.4 Å². The topological polar surface area (TPSA) is 9.23 Å². The van der Waals surface area contributed by atoms with Gasteiger partial charge in [0, 0.05) is 5.56 Å². The summed E-state index contributed by atoms with van der Waals surface area (Å²) in [5, 5.41) is 2.61. The van der Waals surface area contributed by atoms with Gasteiger partial charge in [-0.05, 0) is 42.3 Å². The maximum Gasteiger partial charge on any atom is 0.111 e. The third kappa shape index (κ3) is 0.985. The first-order valence-electron chi connectivity index (χ1n) is 6.06. The molecule has 0 unspecified atom stereocenters. The molecule has 2 aliphatic heterocycles. The maximum absolute atomic E-state index is 6.21. The van der Waals surface area contributed by atoms with Crippen LogP contribution in [-0.2, 0) is 15.9 Å². The van der Waals surface area contributed by atoms with Crippen LogP contribution in [-0.4, -0.2) is 0 Å². The van der Waals surface area contributed by atoms with Crippen LogP contribution in [0.15, 0.2) is 48.6 Å². The largest absolute Gasteiger partial charge is 0.351 e. The molecule has 2 atom stereocenters. The van der Waals surface area contributed by atoms with Gasteiger partial charge in [-0.2, -0.15) is 0 Å². The van der Waals surface area contributed by atoms with E-state index in [1.165, 1.54) is 21.9 Å². The molecular weight excluding hydrogens is 208 g/mol. The van der Waals surface area contributed by atoms with E-state index in [9.17, 15) is 0 Å². The van der Waals surface area contributed by atoms with Crippen molar-refractivity contribution in [1.82, 2.24) is 0 Å². The Morgan fingerprint density at radius 1 is 0.882 bits per heavy atom. The van der Waals surface area contributed by atoms with Crippen LogP contribution in [0.2, 0.25) is 0 Å². The maximum atomic E-state index is 6.21. The highest BCUT2D eigenvalue weighted by Crippen LogP contribution is 2.55. The first-order valence-corrected chi connectivity index (χ1v) is 6.06. The van der Waals surface area contributed by atoms with E-state index in [0.29, 0.717) is 0 Å². The lowest BCUT2D eigenvalue weighted by Crippen LogP contribution is -2.17. The SMILES string of the molecule is C[C@]12C=C[C@](C)(O1)c1c2ccc2ccccc12. The molecule has 1 heteroatoms. The Labute approximate surface area is 101 Å². The van der Waals surface area contributed by atoms with Crippen LogP contribution in [0.3, 0.4) is 0 Å². The highest BCUT2D eigenvalue weighted by molar-refractivity contribution is 5.89. The van der Waals surface area contributed by atoms with Crippen molar-refractivity contribution in [2.45, 2.75) is 25.0 Å². The summed E-state index contributed by atoms with van der Waals surface area (Å²) in [6, 6.07) is 13.0. The Hall–Kier alpha value is -1.60. The Morgan fingerprint density at radius 3 is 2.53 bits per heavy atom. The molecule has 0 spiro atoms. The molecule has 0 saturated heterocycles. The second kappa shape index (κ2) is 2.62. The van der Waals surface area contributed by atoms with E-state index < -0.39 is 0 Å². The average Bonchev–Trinajstić information content (AvgIpc) is 2.77. The van der Waals surface area contributed by atoms with Crippen molar-refractivity contribution in [2.75, 3.05) is 0 Å². The van der Waals surface area contributed by atoms with Gasteiger partial charge in [0.15, 0.2) is 0 Å². The number of hydrogen-bond acceptors (Lipinski definition) is 1. The van der Waals surface area contributed by atoms with Crippen LogP contribution in [0.1, 0.15) is 25.0 Å². The summed E-state index contributed by atoms with van der Waals surface area (Å²) in [5.41, 5.74) is 2.20. The fourth-order valence-corrected chi connectivity index (χ4v) is 3.33. The van der Waals surface area contributed by atoms with Gasteiger partial charge < -0.3 is 4.74 Å². The Balaban J connectivity index is 2.19. The molecule has 17 heavy (non-hydrogen) atoms. The van der Waals surface area contributed by atoms with E-state index >= 15 is 0 Å². The Kier molecular flexibility index (Phi) is 1.46. The second-order valence-electron chi connectivity index (χ2n) is 5.36. The second-order valence-corrected chi connectivity index (χ2v) is 5.36. The minimum absolute atomic E-state index is 0.228. The van der Waals surface area contributed by atoms with Crippen LogP contribution in [0.5, 0.6) is 0 Å². The molecule has 2 aliphatic rings. The molecule has 0 amide bonds. The van der Waals surface area contributed by atoms with Crippen molar-refractivity contribution >= 4 is 10.8 Å². The quantitative estimate of drug-likeness (QED) is 0.615. The van der Waals surface area contributed by atoms with Gasteiger partial charge >= 0.3 is 0 Å². The monoisotopic (exact) mass is 222 g/mol. The highest BCUT2D eigenvalue weighted by atomic mass is 16.5. The summed E-state index contributed by atoms with van der Waals surface area (Å²) in [4.78, 5) is 0. The number of benzene rings is 2. The standard InChI is InChI=1S/C16H14O/c1-15-9-10-16(2,17-15)14-12-6-4-3-5-11(12)7-8-13(14)15/h3-10H,1-2H3/t15-,16+/m1/s1. The average molecular weight is 222 g/mol. The molecular formula is C16H14O. The zero-order chi connectivity index (χ0) is 11.7. The van der Waals surface area contributed by atoms with Crippen LogP contribution in [0.4, 0.5) is 0 Å². The molecule has 0 saturated carbocycles. The van der Waals surface area contributed by atoms with Gasteiger partial charge in [-0.3, -0.25) is 0 Å². The first-order chi connectivity index (χ1) is 8.12. The van der Waals surface area contributed by atoms with Crippen LogP contribution >= 0.6 is 0 Å². The fourth-order valence-electron chi connectivity index (χ4n) is 3.33. The molecule has 0 aromatic heterocycles. The van der Waals surface area contributed by atoms with Crippen molar-refractivity contribution in [3.05, 3.63) is 59.7 Å². The lowest BCUT2D eigenvalue weighted by molar-refractivity contribution is -0.0490. The highest BCUT2D eigenvalue weighted by Gasteiger charge is 2.51. The predicted octanol–water partition coefficient (Wildman–Crippen LogP) is 3.87. The van der Waals surface area contributed by atoms with Gasteiger partial charge in [0.05, 0.1) is 0 Å². The number of hydrogen-bond donors (Lipinski definition) is 0. The van der Waals surface area contributed by atoms with E-state index in [4.69, 9.17) is 4.74 Å². The van der Waals surface area contributed by atoms with Gasteiger partial charge in [0.1, 0.15) is 11.2 Å². The van der Waals surface area contributed by atoms with Crippen molar-refractivity contribution in [3.8, 4) is 0 Å². The molecule has 0 aliphatic carbocycles. The summed E-state index contributed by atoms with van der Waals surface area (Å²) < 4.78 is 6.21. The summed E-state index contributed by atoms with van der Waals surface area (Å²) in [7, 11) is 0. The zero-order valence-electron chi connectivity index (χ0n) is 10.0. The van der Waals surface area contributed by atoms with Gasteiger partial charge in [-0.15, -0.1) is 0 Å². The zero-order valence-corrected chi connectivity index (χ0v) is 10.0. The minimum Gasteiger partial charge on any atom is -0.351 e. The summed E-state index contributed by atoms with van der Waals surface area (Å²) in [6.07, 6.45) is 4.38. The third-order valence-corrected chi connectivity index (χ3v) is 4.10. The first kappa shape index (κ1) is 9.43. The van der Waals surface area contributed by atoms with Gasteiger partial charge in [0.2, 0.25) is 0 Å². The lowest BCUT2D eigenvalue weighted by Gasteiger charge is -2.20. The van der Waals surface area contributed by atoms with Crippen LogP contribution in [0.25, 0.3) is 10.8 Å². The van der Waals surface area contributed by atoms with Crippen LogP contribution in [0, 0.1) is 0 Å². The van der Waals surface area contributed by atoms with E-state index in [-0.39, 0.29) is 11.2 Å². The molecule has 1 nitrogen and oxygen atoms in total. The van der Waals surface area contributed by atoms with E-state index in [2.05, 4.69) is 62.4 Å². The Bertz CT molecular complexity index is 670. The molecule has 0 fully saturated rings. The molecule has 4 rings (SSSR count). The smallest absolute Gasteiger partial charge is 0.111 e. The normalized spacial score (nSPS) is 33.3. The molecule has 84 valence electrons. The van der Waals surface area contributed by atoms with E-state index in [0.717, 1.165) is 0 Å². The number of fused-ring (bicyclic) bond motifs is 7. The molecule has 0 N–H and O–H groups in total. The lowest BCUT2D eigenvalue weighted by atomic mass is 9.81. The summed E-state index contributed by atoms with van der Waals surface area (Å²) in [6.45, 7) is 4.31. The fraction of sp³-hybridized carbons (Fsp3) is 0.250. The van der Waals surface area contributed by atoms with Crippen molar-refractivity contribution in [1.29, 1.82) is 0 Å². The minimum atomic E-state index is -0.245. The number of ether oxygens (including phenoxy) is 1. The Morgan fingerprint density at radius 2 is 1.65 bits per heavy atom. The number of rotatable bonds is 0. The molecule has 0 radical (unpaired) electrons. The summed E-state index contributed by atoms with van der Waals surface area (Å²) >= 11 is 0. The predicted molar refractivity (Wildman–Crippen MR) is 68.9 cm³/mol. The third-order valence-electron chi connectivity index (χ3n) is 4.10. The molecule has 2 aromatic rings. The van der Waals surface area contributed by atoms with Crippen molar-refractivity contribution in [3.63, 3.8) is 0 Å². The molecule has 2 heterocycles. The van der Waals surface area contributed by atoms with Gasteiger partial charge in [-0.25, -0.2) is 0 Å². The van der Waals surface area contributed by atoms with Crippen LogP contribution < -0.4 is 0 Å². The van der Waals surface area contributed by atoms with Gasteiger partial charge in [0.25, 0.3) is 0 Å². The van der Waals surface area contributed by atoms with Crippen molar-refractivity contribution in [2.24, 2.45) is 0 Å². The van der Waals surface area contributed by atoms with E-state index in [1.807, 2.05) is 0 Å². The van der Waals surface area contributed by atoms with E-state index in [1.54, 1.807) is 0 Å². The molecule has 2 aromatic carbocycles.